The van der Waals surface area contributed by atoms with E-state index in [9.17, 15) is 26.7 Å². The minimum absolute atomic E-state index is 0.114. The van der Waals surface area contributed by atoms with Gasteiger partial charge in [0.2, 0.25) is 0 Å². The SMILES string of the molecule is CCOC(O)C(C)(C)S(=O)(=O)CCCC(F)(F)F. The normalized spacial score (nSPS) is 15.7. The lowest BCUT2D eigenvalue weighted by Gasteiger charge is -2.29. The third-order valence-corrected chi connectivity index (χ3v) is 5.23. The van der Waals surface area contributed by atoms with E-state index in [1.54, 1.807) is 6.92 Å². The highest BCUT2D eigenvalue weighted by Gasteiger charge is 2.42. The van der Waals surface area contributed by atoms with Crippen LogP contribution in [0.4, 0.5) is 13.2 Å². The first-order chi connectivity index (χ1) is 7.94. The molecule has 0 spiro atoms. The third-order valence-electron chi connectivity index (χ3n) is 2.59. The van der Waals surface area contributed by atoms with Gasteiger partial charge in [0.25, 0.3) is 0 Å². The van der Waals surface area contributed by atoms with E-state index >= 15 is 0 Å². The van der Waals surface area contributed by atoms with Crippen LogP contribution >= 0.6 is 0 Å². The van der Waals surface area contributed by atoms with Crippen LogP contribution in [0.2, 0.25) is 0 Å². The number of hydrogen-bond donors (Lipinski definition) is 1. The molecule has 110 valence electrons. The summed E-state index contributed by atoms with van der Waals surface area (Å²) in [6.45, 7) is 4.16. The van der Waals surface area contributed by atoms with Crippen LogP contribution in [0.15, 0.2) is 0 Å². The van der Waals surface area contributed by atoms with Crippen LogP contribution in [-0.4, -0.2) is 43.1 Å². The second kappa shape index (κ2) is 6.21. The molecule has 0 aliphatic rings. The van der Waals surface area contributed by atoms with Crippen molar-refractivity contribution in [2.75, 3.05) is 12.4 Å². The topological polar surface area (TPSA) is 63.6 Å². The first-order valence-electron chi connectivity index (χ1n) is 5.52. The Bertz CT molecular complexity index is 349. The average molecular weight is 292 g/mol. The van der Waals surface area contributed by atoms with Gasteiger partial charge in [-0.25, -0.2) is 8.42 Å². The molecular formula is C10H19F3O4S. The molecule has 4 nitrogen and oxygen atoms in total. The first-order valence-corrected chi connectivity index (χ1v) is 7.18. The van der Waals surface area contributed by atoms with Gasteiger partial charge in [0.1, 0.15) is 4.75 Å². The van der Waals surface area contributed by atoms with Crippen LogP contribution in [-0.2, 0) is 14.6 Å². The lowest BCUT2D eigenvalue weighted by molar-refractivity contribution is -0.134. The van der Waals surface area contributed by atoms with E-state index < -0.39 is 45.6 Å². The molecule has 0 fully saturated rings. The number of rotatable bonds is 7. The Hall–Kier alpha value is -0.340. The van der Waals surface area contributed by atoms with Gasteiger partial charge in [-0.15, -0.1) is 0 Å². The van der Waals surface area contributed by atoms with Gasteiger partial charge in [0, 0.05) is 13.0 Å². The number of ether oxygens (including phenoxy) is 1. The number of alkyl halides is 3. The van der Waals surface area contributed by atoms with Gasteiger partial charge in [-0.05, 0) is 27.2 Å². The Morgan fingerprint density at radius 2 is 1.78 bits per heavy atom. The van der Waals surface area contributed by atoms with E-state index in [1.165, 1.54) is 13.8 Å². The maximum atomic E-state index is 11.9. The maximum Gasteiger partial charge on any atom is 0.389 e. The zero-order chi connectivity index (χ0) is 14.6. The summed E-state index contributed by atoms with van der Waals surface area (Å²) in [4.78, 5) is 0. The van der Waals surface area contributed by atoms with Gasteiger partial charge in [-0.1, -0.05) is 0 Å². The summed E-state index contributed by atoms with van der Waals surface area (Å²) in [5.74, 6) is -0.635. The smallest absolute Gasteiger partial charge is 0.367 e. The molecule has 0 saturated heterocycles. The highest BCUT2D eigenvalue weighted by atomic mass is 32.2. The zero-order valence-corrected chi connectivity index (χ0v) is 11.4. The van der Waals surface area contributed by atoms with Crippen molar-refractivity contribution in [1.29, 1.82) is 0 Å². The average Bonchev–Trinajstić information content (AvgIpc) is 2.15. The Kier molecular flexibility index (Phi) is 6.09. The van der Waals surface area contributed by atoms with Crippen LogP contribution in [0.25, 0.3) is 0 Å². The molecule has 0 radical (unpaired) electrons. The van der Waals surface area contributed by atoms with E-state index in [0.717, 1.165) is 0 Å². The quantitative estimate of drug-likeness (QED) is 0.728. The molecule has 1 atom stereocenters. The summed E-state index contributed by atoms with van der Waals surface area (Å²) in [5.41, 5.74) is 0. The standard InChI is InChI=1S/C10H19F3O4S/c1-4-17-8(14)9(2,3)18(15,16)7-5-6-10(11,12)13/h8,14H,4-7H2,1-3H3. The molecule has 1 N–H and O–H groups in total. The number of aliphatic hydroxyl groups is 1. The maximum absolute atomic E-state index is 11.9. The van der Waals surface area contributed by atoms with Crippen LogP contribution in [0, 0.1) is 0 Å². The zero-order valence-electron chi connectivity index (χ0n) is 10.6. The summed E-state index contributed by atoms with van der Waals surface area (Å²) in [6, 6.07) is 0. The van der Waals surface area contributed by atoms with Crippen LogP contribution in [0.1, 0.15) is 33.6 Å². The predicted octanol–water partition coefficient (Wildman–Crippen LogP) is 1.88. The first kappa shape index (κ1) is 17.7. The Morgan fingerprint density at radius 3 is 2.17 bits per heavy atom. The van der Waals surface area contributed by atoms with Crippen molar-refractivity contribution in [3.05, 3.63) is 0 Å². The summed E-state index contributed by atoms with van der Waals surface area (Å²) in [6.07, 6.45) is -7.61. The van der Waals surface area contributed by atoms with Gasteiger partial charge in [0.15, 0.2) is 16.1 Å². The molecule has 1 unspecified atom stereocenters. The minimum Gasteiger partial charge on any atom is -0.367 e. The Balaban J connectivity index is 4.62. The molecule has 0 aromatic carbocycles. The monoisotopic (exact) mass is 292 g/mol. The van der Waals surface area contributed by atoms with Crippen molar-refractivity contribution in [3.63, 3.8) is 0 Å². The molecule has 0 rings (SSSR count). The van der Waals surface area contributed by atoms with Gasteiger partial charge in [-0.3, -0.25) is 0 Å². The van der Waals surface area contributed by atoms with E-state index in [2.05, 4.69) is 0 Å². The van der Waals surface area contributed by atoms with E-state index in [-0.39, 0.29) is 6.61 Å². The molecule has 0 bridgehead atoms. The minimum atomic E-state index is -4.38. The molecule has 0 amide bonds. The van der Waals surface area contributed by atoms with Crippen LogP contribution in [0.5, 0.6) is 0 Å². The molecular weight excluding hydrogens is 273 g/mol. The highest BCUT2D eigenvalue weighted by Crippen LogP contribution is 2.26. The molecule has 0 heterocycles. The highest BCUT2D eigenvalue weighted by molar-refractivity contribution is 7.92. The second-order valence-corrected chi connectivity index (χ2v) is 7.14. The van der Waals surface area contributed by atoms with E-state index in [1.807, 2.05) is 0 Å². The Morgan fingerprint density at radius 1 is 1.28 bits per heavy atom. The van der Waals surface area contributed by atoms with Gasteiger partial charge < -0.3 is 9.84 Å². The van der Waals surface area contributed by atoms with Crippen molar-refractivity contribution in [2.45, 2.75) is 50.8 Å². The van der Waals surface area contributed by atoms with E-state index in [0.29, 0.717) is 0 Å². The molecule has 0 aliphatic heterocycles. The van der Waals surface area contributed by atoms with Crippen LogP contribution in [0.3, 0.4) is 0 Å². The van der Waals surface area contributed by atoms with Crippen molar-refractivity contribution < 1.29 is 31.4 Å². The van der Waals surface area contributed by atoms with Crippen molar-refractivity contribution in [2.24, 2.45) is 0 Å². The van der Waals surface area contributed by atoms with E-state index in [4.69, 9.17) is 4.74 Å². The predicted molar refractivity (Wildman–Crippen MR) is 60.8 cm³/mol. The van der Waals surface area contributed by atoms with Gasteiger partial charge >= 0.3 is 6.18 Å². The van der Waals surface area contributed by atoms with Gasteiger partial charge in [-0.2, -0.15) is 13.2 Å². The lowest BCUT2D eigenvalue weighted by Crippen LogP contribution is -2.46. The summed E-state index contributed by atoms with van der Waals surface area (Å²) < 4.78 is 62.7. The molecule has 18 heavy (non-hydrogen) atoms. The number of aliphatic hydroxyl groups excluding tert-OH is 1. The molecule has 0 aliphatic carbocycles. The summed E-state index contributed by atoms with van der Waals surface area (Å²) in [7, 11) is -3.88. The molecule has 8 heteroatoms. The lowest BCUT2D eigenvalue weighted by atomic mass is 10.2. The van der Waals surface area contributed by atoms with Crippen LogP contribution < -0.4 is 0 Å². The van der Waals surface area contributed by atoms with Crippen molar-refractivity contribution >= 4 is 9.84 Å². The number of hydrogen-bond acceptors (Lipinski definition) is 4. The number of halogens is 3. The van der Waals surface area contributed by atoms with Crippen molar-refractivity contribution in [3.8, 4) is 0 Å². The fourth-order valence-electron chi connectivity index (χ4n) is 1.24. The molecule has 0 saturated carbocycles. The van der Waals surface area contributed by atoms with Gasteiger partial charge in [0.05, 0.1) is 5.75 Å². The molecule has 0 aromatic rings. The Labute approximate surface area is 105 Å². The fourth-order valence-corrected chi connectivity index (χ4v) is 2.66. The summed E-state index contributed by atoms with van der Waals surface area (Å²) in [5, 5.41) is 9.55. The number of sulfone groups is 1. The molecule has 0 aromatic heterocycles. The van der Waals surface area contributed by atoms with Crippen molar-refractivity contribution in [1.82, 2.24) is 0 Å². The fraction of sp³-hybridized carbons (Fsp3) is 1.00. The second-order valence-electron chi connectivity index (χ2n) is 4.45. The summed E-state index contributed by atoms with van der Waals surface area (Å²) >= 11 is 0. The third kappa shape index (κ3) is 5.11. The largest absolute Gasteiger partial charge is 0.389 e.